The van der Waals surface area contributed by atoms with Crippen molar-refractivity contribution in [2.45, 2.75) is 31.7 Å². The summed E-state index contributed by atoms with van der Waals surface area (Å²) in [4.78, 5) is 23.5. The Morgan fingerprint density at radius 1 is 1.19 bits per heavy atom. The Labute approximate surface area is 211 Å². The molecule has 0 radical (unpaired) electrons. The molecule has 4 N–H and O–H groups in total. The Bertz CT molecular complexity index is 1260. The molecule has 0 aliphatic carbocycles. The lowest BCUT2D eigenvalue weighted by Crippen LogP contribution is -2.26. The molecule has 0 spiro atoms. The molecule has 1 atom stereocenters. The standard InChI is InChI=1S/C27H32N6O3/c1-33-10-9-17-13-24(35-2)23(12-19(17)15-33)31-27-29-14-21(25(28)34)26(32-27)30-22-8-4-3-7-20(22)18-6-5-11-36-16-18/h3-4,7-8,12-14,18H,5-6,9-11,15-16H2,1-2H3,(H2,28,34)(H2,29,30,31,32). The Hall–Kier alpha value is -3.69. The molecule has 1 saturated heterocycles. The van der Waals surface area contributed by atoms with Crippen molar-refractivity contribution >= 4 is 29.0 Å². The van der Waals surface area contributed by atoms with Crippen LogP contribution < -0.4 is 21.1 Å². The second kappa shape index (κ2) is 10.5. The third kappa shape index (κ3) is 5.12. The predicted molar refractivity (Wildman–Crippen MR) is 139 cm³/mol. The van der Waals surface area contributed by atoms with E-state index in [1.54, 1.807) is 7.11 Å². The molecule has 2 aliphatic rings. The van der Waals surface area contributed by atoms with Crippen molar-refractivity contribution in [3.8, 4) is 5.75 Å². The Kier molecular flexibility index (Phi) is 7.02. The van der Waals surface area contributed by atoms with Crippen LogP contribution in [0.3, 0.4) is 0 Å². The van der Waals surface area contributed by atoms with Crippen molar-refractivity contribution < 1.29 is 14.3 Å². The number of hydrogen-bond donors (Lipinski definition) is 3. The molecule has 9 nitrogen and oxygen atoms in total. The number of methoxy groups -OCH3 is 1. The monoisotopic (exact) mass is 488 g/mol. The number of nitrogens with zero attached hydrogens (tertiary/aromatic N) is 3. The number of benzene rings is 2. The molecule has 9 heteroatoms. The maximum atomic E-state index is 12.2. The normalized spacial score (nSPS) is 17.8. The highest BCUT2D eigenvalue weighted by Crippen LogP contribution is 2.35. The molecule has 3 aromatic rings. The highest BCUT2D eigenvalue weighted by Gasteiger charge is 2.21. The van der Waals surface area contributed by atoms with Crippen LogP contribution in [0.1, 0.15) is 45.8 Å². The van der Waals surface area contributed by atoms with Crippen LogP contribution >= 0.6 is 0 Å². The maximum absolute atomic E-state index is 12.2. The molecule has 1 fully saturated rings. The van der Waals surface area contributed by atoms with Crippen molar-refractivity contribution in [2.24, 2.45) is 5.73 Å². The number of carbonyl (C=O) groups excluding carboxylic acids is 1. The molecule has 1 amide bonds. The molecular weight excluding hydrogens is 456 g/mol. The number of primary amides is 1. The fourth-order valence-corrected chi connectivity index (χ4v) is 4.91. The van der Waals surface area contributed by atoms with Gasteiger partial charge in [0.05, 0.1) is 19.4 Å². The number of carbonyl (C=O) groups is 1. The first-order valence-corrected chi connectivity index (χ1v) is 12.3. The van der Waals surface area contributed by atoms with Crippen LogP contribution in [0.25, 0.3) is 0 Å². The van der Waals surface area contributed by atoms with Crippen LogP contribution in [0, 0.1) is 0 Å². The zero-order valence-corrected chi connectivity index (χ0v) is 20.7. The number of fused-ring (bicyclic) bond motifs is 1. The Morgan fingerprint density at radius 3 is 2.83 bits per heavy atom. The first kappa shape index (κ1) is 24.0. The predicted octanol–water partition coefficient (Wildman–Crippen LogP) is 3.95. The lowest BCUT2D eigenvalue weighted by atomic mass is 9.92. The van der Waals surface area contributed by atoms with E-state index in [1.807, 2.05) is 18.2 Å². The number of aromatic nitrogens is 2. The van der Waals surface area contributed by atoms with Crippen LogP contribution in [0.4, 0.5) is 23.1 Å². The second-order valence-corrected chi connectivity index (χ2v) is 9.38. The number of anilines is 4. The second-order valence-electron chi connectivity index (χ2n) is 9.38. The van der Waals surface area contributed by atoms with Gasteiger partial charge in [0.15, 0.2) is 0 Å². The average molecular weight is 489 g/mol. The highest BCUT2D eigenvalue weighted by molar-refractivity contribution is 5.98. The number of rotatable bonds is 7. The van der Waals surface area contributed by atoms with Crippen LogP contribution in [0.5, 0.6) is 5.75 Å². The molecular formula is C27H32N6O3. The van der Waals surface area contributed by atoms with E-state index in [1.165, 1.54) is 17.3 Å². The van der Waals surface area contributed by atoms with Crippen LogP contribution in [-0.2, 0) is 17.7 Å². The summed E-state index contributed by atoms with van der Waals surface area (Å²) in [6.07, 6.45) is 4.49. The minimum atomic E-state index is -0.600. The molecule has 2 aliphatic heterocycles. The lowest BCUT2D eigenvalue weighted by Gasteiger charge is -2.26. The van der Waals surface area contributed by atoms with Gasteiger partial charge in [0.1, 0.15) is 17.1 Å². The van der Waals surface area contributed by atoms with Crippen molar-refractivity contribution in [1.82, 2.24) is 14.9 Å². The quantitative estimate of drug-likeness (QED) is 0.458. The molecule has 1 aromatic heterocycles. The highest BCUT2D eigenvalue weighted by atomic mass is 16.5. The molecule has 36 heavy (non-hydrogen) atoms. The molecule has 0 bridgehead atoms. The van der Waals surface area contributed by atoms with E-state index in [0.717, 1.165) is 61.6 Å². The van der Waals surface area contributed by atoms with Crippen molar-refractivity contribution in [1.29, 1.82) is 0 Å². The largest absolute Gasteiger partial charge is 0.495 e. The molecule has 0 saturated carbocycles. The van der Waals surface area contributed by atoms with Gasteiger partial charge in [0, 0.05) is 37.5 Å². The third-order valence-electron chi connectivity index (χ3n) is 6.84. The number of likely N-dealkylation sites (N-methyl/N-ethyl adjacent to an activating group) is 1. The van der Waals surface area contributed by atoms with E-state index in [0.29, 0.717) is 18.4 Å². The first-order chi connectivity index (χ1) is 17.5. The summed E-state index contributed by atoms with van der Waals surface area (Å²) in [5, 5.41) is 6.63. The number of ether oxygens (including phenoxy) is 2. The van der Waals surface area contributed by atoms with Crippen LogP contribution in [0.15, 0.2) is 42.6 Å². The zero-order chi connectivity index (χ0) is 25.1. The Morgan fingerprint density at radius 2 is 2.06 bits per heavy atom. The topological polar surface area (TPSA) is 115 Å². The number of para-hydroxylation sites is 1. The average Bonchev–Trinajstić information content (AvgIpc) is 2.89. The van der Waals surface area contributed by atoms with E-state index in [9.17, 15) is 4.79 Å². The van der Waals surface area contributed by atoms with Gasteiger partial charge < -0.3 is 30.7 Å². The van der Waals surface area contributed by atoms with Crippen LogP contribution in [-0.4, -0.2) is 54.7 Å². The summed E-state index contributed by atoms with van der Waals surface area (Å²) in [6.45, 7) is 3.35. The van der Waals surface area contributed by atoms with Gasteiger partial charge in [0.25, 0.3) is 5.91 Å². The fraction of sp³-hybridized carbons (Fsp3) is 0.370. The summed E-state index contributed by atoms with van der Waals surface area (Å²) in [5.74, 6) is 1.08. The molecule has 3 heterocycles. The zero-order valence-electron chi connectivity index (χ0n) is 20.7. The Balaban J connectivity index is 1.46. The third-order valence-corrected chi connectivity index (χ3v) is 6.84. The fourth-order valence-electron chi connectivity index (χ4n) is 4.91. The molecule has 188 valence electrons. The number of nitrogens with two attached hydrogens (primary N) is 1. The summed E-state index contributed by atoms with van der Waals surface area (Å²) in [6, 6.07) is 12.2. The summed E-state index contributed by atoms with van der Waals surface area (Å²) in [5.41, 5.74) is 11.2. The minimum absolute atomic E-state index is 0.217. The first-order valence-electron chi connectivity index (χ1n) is 12.3. The van der Waals surface area contributed by atoms with Gasteiger partial charge in [-0.15, -0.1) is 0 Å². The van der Waals surface area contributed by atoms with E-state index in [-0.39, 0.29) is 11.5 Å². The van der Waals surface area contributed by atoms with E-state index >= 15 is 0 Å². The summed E-state index contributed by atoms with van der Waals surface area (Å²) >= 11 is 0. The number of hydrogen-bond acceptors (Lipinski definition) is 8. The van der Waals surface area contributed by atoms with Gasteiger partial charge >= 0.3 is 0 Å². The number of nitrogens with one attached hydrogen (secondary N) is 2. The lowest BCUT2D eigenvalue weighted by molar-refractivity contribution is 0.0806. The molecule has 1 unspecified atom stereocenters. The van der Waals surface area contributed by atoms with Gasteiger partial charge in [-0.1, -0.05) is 18.2 Å². The van der Waals surface area contributed by atoms with Gasteiger partial charge in [0.2, 0.25) is 5.95 Å². The number of amides is 1. The van der Waals surface area contributed by atoms with Crippen molar-refractivity contribution in [2.75, 3.05) is 44.5 Å². The van der Waals surface area contributed by atoms with Gasteiger partial charge in [-0.2, -0.15) is 4.98 Å². The summed E-state index contributed by atoms with van der Waals surface area (Å²) in [7, 11) is 3.76. The van der Waals surface area contributed by atoms with Gasteiger partial charge in [-0.25, -0.2) is 4.98 Å². The minimum Gasteiger partial charge on any atom is -0.495 e. The van der Waals surface area contributed by atoms with Crippen molar-refractivity contribution in [3.63, 3.8) is 0 Å². The smallest absolute Gasteiger partial charge is 0.254 e. The van der Waals surface area contributed by atoms with E-state index < -0.39 is 5.91 Å². The van der Waals surface area contributed by atoms with Crippen molar-refractivity contribution in [3.05, 3.63) is 64.8 Å². The summed E-state index contributed by atoms with van der Waals surface area (Å²) < 4.78 is 11.4. The molecule has 2 aromatic carbocycles. The van der Waals surface area contributed by atoms with E-state index in [2.05, 4.69) is 50.7 Å². The maximum Gasteiger partial charge on any atom is 0.254 e. The SMILES string of the molecule is COc1cc2c(cc1Nc1ncc(C(N)=O)c(Nc3ccccc3C3CCCOC3)n1)CN(C)CC2. The van der Waals surface area contributed by atoms with E-state index in [4.69, 9.17) is 15.2 Å². The van der Waals surface area contributed by atoms with Gasteiger partial charge in [-0.3, -0.25) is 4.79 Å². The van der Waals surface area contributed by atoms with Crippen LogP contribution in [0.2, 0.25) is 0 Å². The van der Waals surface area contributed by atoms with Gasteiger partial charge in [-0.05, 0) is 61.2 Å². The molecule has 5 rings (SSSR count).